The number of amides is 2. The Bertz CT molecular complexity index is 2560. The molecular formula is C50H52N4O7. The Morgan fingerprint density at radius 1 is 0.902 bits per heavy atom. The molecule has 7 rings (SSSR count). The number of anilines is 2. The summed E-state index contributed by atoms with van der Waals surface area (Å²) in [5.41, 5.74) is 7.50. The molecule has 0 aliphatic carbocycles. The monoisotopic (exact) mass is 820 g/mol. The number of aromatic amines is 1. The van der Waals surface area contributed by atoms with Crippen LogP contribution in [0.5, 0.6) is 5.75 Å². The molecule has 1 saturated heterocycles. The van der Waals surface area contributed by atoms with Crippen LogP contribution >= 0.6 is 0 Å². The van der Waals surface area contributed by atoms with Crippen LogP contribution < -0.4 is 15.8 Å². The van der Waals surface area contributed by atoms with Gasteiger partial charge in [0.25, 0.3) is 0 Å². The van der Waals surface area contributed by atoms with Gasteiger partial charge in [0.15, 0.2) is 5.78 Å². The van der Waals surface area contributed by atoms with Crippen molar-refractivity contribution >= 4 is 40.1 Å². The maximum absolute atomic E-state index is 13.5. The first-order valence-electron chi connectivity index (χ1n) is 20.9. The van der Waals surface area contributed by atoms with Crippen molar-refractivity contribution in [1.82, 2.24) is 9.88 Å². The number of phenols is 1. The predicted molar refractivity (Wildman–Crippen MR) is 239 cm³/mol. The van der Waals surface area contributed by atoms with E-state index < -0.39 is 12.2 Å². The van der Waals surface area contributed by atoms with Crippen molar-refractivity contribution in [3.63, 3.8) is 0 Å². The van der Waals surface area contributed by atoms with Crippen LogP contribution in [0.3, 0.4) is 0 Å². The summed E-state index contributed by atoms with van der Waals surface area (Å²) >= 11 is 0. The fraction of sp³-hybridized carbons (Fsp3) is 0.280. The Kier molecular flexibility index (Phi) is 13.7. The number of aromatic hydroxyl groups is 1. The number of Topliss-reactive ketones (excluding diaryl/α,β-unsaturated/α-hetero) is 1. The average Bonchev–Trinajstić information content (AvgIpc) is 3.27. The number of carbonyl (C=O) groups excluding carboxylic acids is 3. The lowest BCUT2D eigenvalue weighted by atomic mass is 9.94. The van der Waals surface area contributed by atoms with Gasteiger partial charge in [-0.2, -0.15) is 0 Å². The largest absolute Gasteiger partial charge is 0.506 e. The molecule has 2 amide bonds. The van der Waals surface area contributed by atoms with Gasteiger partial charge in [0.2, 0.25) is 11.5 Å². The van der Waals surface area contributed by atoms with Gasteiger partial charge in [-0.05, 0) is 97.2 Å². The molecule has 61 heavy (non-hydrogen) atoms. The summed E-state index contributed by atoms with van der Waals surface area (Å²) in [7, 11) is 1.73. The number of H-pyrrole nitrogens is 1. The number of phenolic OH excluding ortho intramolecular Hbond substituents is 1. The van der Waals surface area contributed by atoms with E-state index in [-0.39, 0.29) is 35.5 Å². The third kappa shape index (κ3) is 10.8. The highest BCUT2D eigenvalue weighted by Crippen LogP contribution is 2.32. The molecule has 1 aliphatic rings. The van der Waals surface area contributed by atoms with Gasteiger partial charge in [0, 0.05) is 67.8 Å². The summed E-state index contributed by atoms with van der Waals surface area (Å²) in [5, 5.41) is 24.7. The zero-order chi connectivity index (χ0) is 42.9. The van der Waals surface area contributed by atoms with Crippen LogP contribution in [0.4, 0.5) is 16.2 Å². The average molecular weight is 821 g/mol. The summed E-state index contributed by atoms with van der Waals surface area (Å²) in [6.45, 7) is 4.01. The summed E-state index contributed by atoms with van der Waals surface area (Å²) in [6, 6.07) is 37.0. The Balaban J connectivity index is 0.844. The number of hydrogen-bond donors (Lipinski definition) is 4. The number of nitrogens with zero attached hydrogens (tertiary/aromatic N) is 2. The Hall–Kier alpha value is -6.56. The molecule has 4 N–H and O–H groups in total. The fourth-order valence-electron chi connectivity index (χ4n) is 8.05. The van der Waals surface area contributed by atoms with Crippen LogP contribution in [-0.4, -0.2) is 70.7 Å². The molecule has 1 atom stereocenters. The molecule has 314 valence electrons. The van der Waals surface area contributed by atoms with Gasteiger partial charge in [0.05, 0.1) is 17.3 Å². The van der Waals surface area contributed by atoms with E-state index in [1.165, 1.54) is 12.1 Å². The van der Waals surface area contributed by atoms with Crippen molar-refractivity contribution in [2.24, 2.45) is 0 Å². The minimum Gasteiger partial charge on any atom is -0.506 e. The first kappa shape index (κ1) is 42.6. The number of carbonyl (C=O) groups is 3. The molecule has 6 aromatic rings. The van der Waals surface area contributed by atoms with Gasteiger partial charge in [-0.3, -0.25) is 19.7 Å². The summed E-state index contributed by atoms with van der Waals surface area (Å²) < 4.78 is 5.78. The SMILES string of the molecule is Cc1cc(CCC[C@H](O)c2ccc(O)c3[nH]c(=O)ccc23)ccc1CC(=O)c1cccc(N(C)C(=O)CCN2CCC(OC(=O)Nc3ccccc3-c3ccccc3)CC2)c1. The number of ether oxygens (including phenoxy) is 1. The minimum absolute atomic E-state index is 0.0386. The van der Waals surface area contributed by atoms with E-state index in [2.05, 4.69) is 21.3 Å². The Morgan fingerprint density at radius 2 is 1.67 bits per heavy atom. The summed E-state index contributed by atoms with van der Waals surface area (Å²) in [4.78, 5) is 57.9. The Labute approximate surface area is 355 Å². The molecule has 11 nitrogen and oxygen atoms in total. The second-order valence-corrected chi connectivity index (χ2v) is 15.8. The first-order valence-corrected chi connectivity index (χ1v) is 20.9. The number of likely N-dealkylation sites (tertiary alicyclic amines) is 1. The zero-order valence-electron chi connectivity index (χ0n) is 34.6. The molecule has 0 unspecified atom stereocenters. The number of benzene rings is 5. The van der Waals surface area contributed by atoms with Crippen LogP contribution in [0.25, 0.3) is 22.0 Å². The molecule has 0 saturated carbocycles. The maximum Gasteiger partial charge on any atom is 0.411 e. The Morgan fingerprint density at radius 3 is 2.46 bits per heavy atom. The van der Waals surface area contributed by atoms with Crippen LogP contribution in [0.1, 0.15) is 70.8 Å². The highest BCUT2D eigenvalue weighted by molar-refractivity contribution is 6.00. The van der Waals surface area contributed by atoms with Crippen molar-refractivity contribution in [2.45, 2.75) is 64.1 Å². The van der Waals surface area contributed by atoms with Crippen molar-refractivity contribution in [1.29, 1.82) is 0 Å². The number of aliphatic hydroxyl groups excluding tert-OH is 1. The van der Waals surface area contributed by atoms with Crippen molar-refractivity contribution < 1.29 is 29.3 Å². The lowest BCUT2D eigenvalue weighted by Gasteiger charge is -2.31. The summed E-state index contributed by atoms with van der Waals surface area (Å²) in [5.74, 6) is -0.128. The number of piperidine rings is 1. The predicted octanol–water partition coefficient (Wildman–Crippen LogP) is 8.76. The van der Waals surface area contributed by atoms with E-state index in [0.29, 0.717) is 85.1 Å². The number of aromatic nitrogens is 1. The van der Waals surface area contributed by atoms with Crippen molar-refractivity contribution in [3.8, 4) is 16.9 Å². The van der Waals surface area contributed by atoms with Crippen LogP contribution in [-0.2, 0) is 22.4 Å². The van der Waals surface area contributed by atoms with Gasteiger partial charge in [-0.1, -0.05) is 84.9 Å². The fourth-order valence-corrected chi connectivity index (χ4v) is 8.05. The molecule has 2 heterocycles. The molecular weight excluding hydrogens is 769 g/mol. The highest BCUT2D eigenvalue weighted by Gasteiger charge is 2.24. The van der Waals surface area contributed by atoms with E-state index in [4.69, 9.17) is 4.74 Å². The second-order valence-electron chi connectivity index (χ2n) is 15.8. The minimum atomic E-state index is -0.765. The number of aliphatic hydroxyl groups is 1. The smallest absolute Gasteiger partial charge is 0.411 e. The number of para-hydroxylation sites is 1. The quantitative estimate of drug-likeness (QED) is 0.0751. The van der Waals surface area contributed by atoms with Gasteiger partial charge >= 0.3 is 6.09 Å². The van der Waals surface area contributed by atoms with E-state index in [9.17, 15) is 29.4 Å². The first-order chi connectivity index (χ1) is 29.5. The summed E-state index contributed by atoms with van der Waals surface area (Å²) in [6.07, 6.45) is 2.40. The van der Waals surface area contributed by atoms with Crippen molar-refractivity contribution in [3.05, 3.63) is 159 Å². The van der Waals surface area contributed by atoms with Crippen LogP contribution in [0.2, 0.25) is 0 Å². The lowest BCUT2D eigenvalue weighted by Crippen LogP contribution is -2.40. The third-order valence-electron chi connectivity index (χ3n) is 11.6. The number of ketones is 1. The third-order valence-corrected chi connectivity index (χ3v) is 11.6. The topological polar surface area (TPSA) is 152 Å². The number of pyridine rings is 1. The van der Waals surface area contributed by atoms with E-state index in [1.54, 1.807) is 42.3 Å². The molecule has 1 aliphatic heterocycles. The number of fused-ring (bicyclic) bond motifs is 1. The zero-order valence-corrected chi connectivity index (χ0v) is 34.6. The molecule has 1 fully saturated rings. The molecule has 11 heteroatoms. The van der Waals surface area contributed by atoms with Gasteiger partial charge in [-0.15, -0.1) is 0 Å². The van der Waals surface area contributed by atoms with Crippen LogP contribution in [0.15, 0.2) is 126 Å². The van der Waals surface area contributed by atoms with E-state index >= 15 is 0 Å². The normalized spacial score (nSPS) is 13.8. The number of nitrogens with one attached hydrogen (secondary N) is 2. The van der Waals surface area contributed by atoms with Gasteiger partial charge in [0.1, 0.15) is 11.9 Å². The van der Waals surface area contributed by atoms with Gasteiger partial charge in [-0.25, -0.2) is 4.79 Å². The van der Waals surface area contributed by atoms with Crippen LogP contribution in [0, 0.1) is 6.92 Å². The van der Waals surface area contributed by atoms with Crippen molar-refractivity contribution in [2.75, 3.05) is 36.9 Å². The maximum atomic E-state index is 13.5. The van der Waals surface area contributed by atoms with E-state index in [0.717, 1.165) is 34.2 Å². The number of aryl methyl sites for hydroxylation is 2. The standard InChI is InChI=1S/C50H52N4O7/c1-33-30-34(10-8-17-44(55)41-20-22-45(56)49-42(41)21-23-47(58)52-49)18-19-36(33)32-46(57)37-13-9-14-38(31-37)53(2)48(59)26-29-54-27-24-39(25-28-54)61-50(60)51-43-16-7-6-15-40(43)35-11-4-3-5-12-35/h3-7,9,11-16,18-23,30-31,39,44,55-56H,8,10,17,24-29,32H2,1-2H3,(H,51,60)(H,52,58)/t44-/m0/s1. The molecule has 1 aromatic heterocycles. The highest BCUT2D eigenvalue weighted by atomic mass is 16.6. The lowest BCUT2D eigenvalue weighted by molar-refractivity contribution is -0.118. The molecule has 5 aromatic carbocycles. The van der Waals surface area contributed by atoms with E-state index in [1.807, 2.05) is 79.7 Å². The second kappa shape index (κ2) is 19.7. The molecule has 0 bridgehead atoms. The number of rotatable bonds is 15. The molecule has 0 spiro atoms. The van der Waals surface area contributed by atoms with Gasteiger partial charge < -0.3 is 29.7 Å². The number of hydrogen-bond acceptors (Lipinski definition) is 8. The molecule has 0 radical (unpaired) electrons.